The van der Waals surface area contributed by atoms with Crippen LogP contribution in [0.4, 0.5) is 11.4 Å². The summed E-state index contributed by atoms with van der Waals surface area (Å²) in [5, 5.41) is 5.61. The predicted molar refractivity (Wildman–Crippen MR) is 99.8 cm³/mol. The quantitative estimate of drug-likeness (QED) is 0.722. The number of para-hydroxylation sites is 1. The first-order valence-corrected chi connectivity index (χ1v) is 10.00. The zero-order chi connectivity index (χ0) is 18.7. The molecule has 3 rings (SSSR count). The van der Waals surface area contributed by atoms with E-state index in [0.717, 1.165) is 19.1 Å². The van der Waals surface area contributed by atoms with Crippen molar-refractivity contribution < 1.29 is 18.0 Å². The largest absolute Gasteiger partial charge is 0.349 e. The molecule has 1 saturated carbocycles. The summed E-state index contributed by atoms with van der Waals surface area (Å²) in [6.45, 7) is 0. The summed E-state index contributed by atoms with van der Waals surface area (Å²) in [6.07, 6.45) is 2.98. The van der Waals surface area contributed by atoms with E-state index in [1.165, 1.54) is 6.07 Å². The Morgan fingerprint density at radius 2 is 1.73 bits per heavy atom. The zero-order valence-electron chi connectivity index (χ0n) is 14.2. The van der Waals surface area contributed by atoms with Crippen molar-refractivity contribution in [2.75, 3.05) is 16.3 Å². The van der Waals surface area contributed by atoms with Crippen LogP contribution < -0.4 is 15.4 Å². The van der Waals surface area contributed by atoms with E-state index in [1.807, 2.05) is 0 Å². The molecular formula is C18H19N3O4S. The third-order valence-corrected chi connectivity index (χ3v) is 4.37. The number of benzene rings is 2. The van der Waals surface area contributed by atoms with Crippen LogP contribution in [0.15, 0.2) is 48.5 Å². The summed E-state index contributed by atoms with van der Waals surface area (Å²) >= 11 is 0. The van der Waals surface area contributed by atoms with Gasteiger partial charge in [-0.2, -0.15) is 0 Å². The molecule has 3 N–H and O–H groups in total. The van der Waals surface area contributed by atoms with E-state index in [1.54, 1.807) is 42.5 Å². The molecule has 7 nitrogen and oxygen atoms in total. The van der Waals surface area contributed by atoms with Crippen molar-refractivity contribution in [1.29, 1.82) is 0 Å². The molecule has 0 radical (unpaired) electrons. The minimum Gasteiger partial charge on any atom is -0.349 e. The maximum atomic E-state index is 12.5. The van der Waals surface area contributed by atoms with Crippen LogP contribution >= 0.6 is 0 Å². The van der Waals surface area contributed by atoms with Crippen molar-refractivity contribution in [3.8, 4) is 0 Å². The molecule has 2 amide bonds. The number of hydrogen-bond donors (Lipinski definition) is 3. The van der Waals surface area contributed by atoms with Gasteiger partial charge in [0, 0.05) is 17.3 Å². The smallest absolute Gasteiger partial charge is 0.255 e. The first kappa shape index (κ1) is 17.9. The SMILES string of the molecule is CS(=O)(=O)Nc1cccc(C(=O)Nc2ccccc2C(=O)NC2CC2)c1. The molecule has 0 spiro atoms. The molecule has 0 unspecified atom stereocenters. The van der Waals surface area contributed by atoms with Crippen molar-refractivity contribution >= 4 is 33.2 Å². The lowest BCUT2D eigenvalue weighted by molar-refractivity contribution is 0.0952. The van der Waals surface area contributed by atoms with Gasteiger partial charge in [0.2, 0.25) is 10.0 Å². The predicted octanol–water partition coefficient (Wildman–Crippen LogP) is 2.20. The van der Waals surface area contributed by atoms with Crippen molar-refractivity contribution in [1.82, 2.24) is 5.32 Å². The molecule has 1 aliphatic rings. The van der Waals surface area contributed by atoms with Crippen molar-refractivity contribution in [2.24, 2.45) is 0 Å². The van der Waals surface area contributed by atoms with Crippen LogP contribution in [0, 0.1) is 0 Å². The molecule has 0 heterocycles. The molecule has 136 valence electrons. The molecule has 26 heavy (non-hydrogen) atoms. The van der Waals surface area contributed by atoms with Gasteiger partial charge in [0.05, 0.1) is 17.5 Å². The highest BCUT2D eigenvalue weighted by molar-refractivity contribution is 7.92. The van der Waals surface area contributed by atoms with Gasteiger partial charge >= 0.3 is 0 Å². The van der Waals surface area contributed by atoms with Gasteiger partial charge in [-0.25, -0.2) is 8.42 Å². The van der Waals surface area contributed by atoms with E-state index >= 15 is 0 Å². The Kier molecular flexibility index (Phi) is 4.94. The molecule has 0 atom stereocenters. The van der Waals surface area contributed by atoms with E-state index in [4.69, 9.17) is 0 Å². The maximum absolute atomic E-state index is 12.5. The summed E-state index contributed by atoms with van der Waals surface area (Å²) in [6, 6.07) is 13.1. The zero-order valence-corrected chi connectivity index (χ0v) is 15.0. The number of rotatable bonds is 6. The van der Waals surface area contributed by atoms with Crippen LogP contribution in [0.25, 0.3) is 0 Å². The molecule has 8 heteroatoms. The van der Waals surface area contributed by atoms with E-state index in [-0.39, 0.29) is 17.5 Å². The standard InChI is InChI=1S/C18H19N3O4S/c1-26(24,25)21-14-6-4-5-12(11-14)17(22)20-16-8-3-2-7-15(16)18(23)19-13-9-10-13/h2-8,11,13,21H,9-10H2,1H3,(H,19,23)(H,20,22). The second-order valence-corrected chi connectivity index (χ2v) is 7.95. The Morgan fingerprint density at radius 1 is 1.00 bits per heavy atom. The fourth-order valence-corrected chi connectivity index (χ4v) is 2.97. The van der Waals surface area contributed by atoms with Gasteiger partial charge in [0.25, 0.3) is 11.8 Å². The number of amides is 2. The second-order valence-electron chi connectivity index (χ2n) is 6.20. The molecule has 2 aromatic carbocycles. The van der Waals surface area contributed by atoms with E-state index in [9.17, 15) is 18.0 Å². The molecule has 0 bridgehead atoms. The minimum atomic E-state index is -3.44. The Morgan fingerprint density at radius 3 is 2.42 bits per heavy atom. The molecule has 1 aliphatic carbocycles. The summed E-state index contributed by atoms with van der Waals surface area (Å²) in [5.41, 5.74) is 1.35. The Labute approximate surface area is 151 Å². The molecule has 2 aromatic rings. The number of carbonyl (C=O) groups is 2. The highest BCUT2D eigenvalue weighted by atomic mass is 32.2. The maximum Gasteiger partial charge on any atom is 0.255 e. The van der Waals surface area contributed by atoms with Gasteiger partial charge in [-0.05, 0) is 43.2 Å². The number of carbonyl (C=O) groups excluding carboxylic acids is 2. The van der Waals surface area contributed by atoms with Crippen LogP contribution in [-0.2, 0) is 10.0 Å². The second kappa shape index (κ2) is 7.17. The fourth-order valence-electron chi connectivity index (χ4n) is 2.41. The van der Waals surface area contributed by atoms with Crippen LogP contribution in [0.3, 0.4) is 0 Å². The van der Waals surface area contributed by atoms with Crippen LogP contribution in [0.1, 0.15) is 33.6 Å². The highest BCUT2D eigenvalue weighted by Gasteiger charge is 2.25. The number of anilines is 2. The normalized spacial score (nSPS) is 13.7. The first-order valence-electron chi connectivity index (χ1n) is 8.11. The lowest BCUT2D eigenvalue weighted by atomic mass is 10.1. The minimum absolute atomic E-state index is 0.213. The lowest BCUT2D eigenvalue weighted by Gasteiger charge is -2.12. The van der Waals surface area contributed by atoms with Gasteiger partial charge in [-0.15, -0.1) is 0 Å². The van der Waals surface area contributed by atoms with E-state index in [2.05, 4.69) is 15.4 Å². The molecule has 1 fully saturated rings. The lowest BCUT2D eigenvalue weighted by Crippen LogP contribution is -2.27. The van der Waals surface area contributed by atoms with E-state index in [0.29, 0.717) is 16.9 Å². The van der Waals surface area contributed by atoms with Crippen molar-refractivity contribution in [2.45, 2.75) is 18.9 Å². The van der Waals surface area contributed by atoms with E-state index < -0.39 is 15.9 Å². The highest BCUT2D eigenvalue weighted by Crippen LogP contribution is 2.22. The molecule has 0 aliphatic heterocycles. The Balaban J connectivity index is 1.78. The molecular weight excluding hydrogens is 354 g/mol. The van der Waals surface area contributed by atoms with Gasteiger partial charge in [0.15, 0.2) is 0 Å². The topological polar surface area (TPSA) is 104 Å². The van der Waals surface area contributed by atoms with Crippen LogP contribution in [0.5, 0.6) is 0 Å². The number of nitrogens with one attached hydrogen (secondary N) is 3. The average Bonchev–Trinajstić information content (AvgIpc) is 3.38. The van der Waals surface area contributed by atoms with Gasteiger partial charge in [0.1, 0.15) is 0 Å². The van der Waals surface area contributed by atoms with Gasteiger partial charge in [-0.1, -0.05) is 18.2 Å². The van der Waals surface area contributed by atoms with Crippen molar-refractivity contribution in [3.05, 3.63) is 59.7 Å². The number of hydrogen-bond acceptors (Lipinski definition) is 4. The van der Waals surface area contributed by atoms with Gasteiger partial charge < -0.3 is 10.6 Å². The molecule has 0 aromatic heterocycles. The summed E-state index contributed by atoms with van der Waals surface area (Å²) < 4.78 is 25.0. The monoisotopic (exact) mass is 373 g/mol. The summed E-state index contributed by atoms with van der Waals surface area (Å²) in [5.74, 6) is -0.662. The summed E-state index contributed by atoms with van der Waals surface area (Å²) in [4.78, 5) is 24.8. The number of sulfonamides is 1. The van der Waals surface area contributed by atoms with Gasteiger partial charge in [-0.3, -0.25) is 14.3 Å². The van der Waals surface area contributed by atoms with Crippen molar-refractivity contribution in [3.63, 3.8) is 0 Å². The third-order valence-electron chi connectivity index (χ3n) is 3.76. The molecule has 0 saturated heterocycles. The first-order chi connectivity index (χ1) is 12.3. The summed E-state index contributed by atoms with van der Waals surface area (Å²) in [7, 11) is -3.44. The Bertz CT molecular complexity index is 952. The van der Waals surface area contributed by atoms with Crippen LogP contribution in [-0.4, -0.2) is 32.5 Å². The van der Waals surface area contributed by atoms with Crippen LogP contribution in [0.2, 0.25) is 0 Å². The third kappa shape index (κ3) is 4.82. The Hall–Kier alpha value is -2.87. The fraction of sp³-hybridized carbons (Fsp3) is 0.222. The average molecular weight is 373 g/mol.